The fourth-order valence-corrected chi connectivity index (χ4v) is 1.76. The van der Waals surface area contributed by atoms with Gasteiger partial charge in [-0.2, -0.15) is 0 Å². The Morgan fingerprint density at radius 3 is 2.55 bits per heavy atom. The SMILES string of the molecule is C=Cc1ccccc1CON=Cc1ccc(OC)cc1. The molecule has 102 valence electrons. The second kappa shape index (κ2) is 7.14. The van der Waals surface area contributed by atoms with Crippen LogP contribution in [-0.2, 0) is 11.4 Å². The van der Waals surface area contributed by atoms with Crippen molar-refractivity contribution in [3.8, 4) is 5.75 Å². The van der Waals surface area contributed by atoms with Crippen LogP contribution in [0.4, 0.5) is 0 Å². The molecule has 0 aliphatic carbocycles. The van der Waals surface area contributed by atoms with E-state index < -0.39 is 0 Å². The van der Waals surface area contributed by atoms with Crippen LogP contribution < -0.4 is 4.74 Å². The average molecular weight is 267 g/mol. The number of hydrogen-bond donors (Lipinski definition) is 0. The van der Waals surface area contributed by atoms with Crippen molar-refractivity contribution < 1.29 is 9.57 Å². The third kappa shape index (κ3) is 3.72. The number of oxime groups is 1. The van der Waals surface area contributed by atoms with E-state index in [9.17, 15) is 0 Å². The number of hydrogen-bond acceptors (Lipinski definition) is 3. The number of benzene rings is 2. The third-order valence-corrected chi connectivity index (χ3v) is 2.89. The molecule has 2 aromatic rings. The van der Waals surface area contributed by atoms with Crippen molar-refractivity contribution in [1.29, 1.82) is 0 Å². The summed E-state index contributed by atoms with van der Waals surface area (Å²) in [6.45, 7) is 4.20. The van der Waals surface area contributed by atoms with Crippen molar-refractivity contribution in [3.05, 3.63) is 71.8 Å². The first kappa shape index (κ1) is 13.9. The van der Waals surface area contributed by atoms with Crippen molar-refractivity contribution in [2.24, 2.45) is 5.16 Å². The first-order chi connectivity index (χ1) is 9.83. The highest BCUT2D eigenvalue weighted by Gasteiger charge is 1.97. The molecule has 0 spiro atoms. The third-order valence-electron chi connectivity index (χ3n) is 2.89. The monoisotopic (exact) mass is 267 g/mol. The van der Waals surface area contributed by atoms with E-state index in [0.29, 0.717) is 6.61 Å². The lowest BCUT2D eigenvalue weighted by molar-refractivity contribution is 0.132. The Hall–Kier alpha value is -2.55. The summed E-state index contributed by atoms with van der Waals surface area (Å²) in [5.41, 5.74) is 3.09. The summed E-state index contributed by atoms with van der Waals surface area (Å²) >= 11 is 0. The molecule has 0 radical (unpaired) electrons. The minimum Gasteiger partial charge on any atom is -0.497 e. The molecular weight excluding hydrogens is 250 g/mol. The summed E-state index contributed by atoms with van der Waals surface area (Å²) in [7, 11) is 1.64. The summed E-state index contributed by atoms with van der Waals surface area (Å²) in [5.74, 6) is 0.822. The Bertz CT molecular complexity index is 588. The van der Waals surface area contributed by atoms with E-state index in [2.05, 4.69) is 11.7 Å². The molecule has 0 fully saturated rings. The first-order valence-electron chi connectivity index (χ1n) is 6.33. The average Bonchev–Trinajstić information content (AvgIpc) is 2.52. The second-order valence-corrected chi connectivity index (χ2v) is 4.18. The molecule has 0 saturated heterocycles. The number of nitrogens with zero attached hydrogens (tertiary/aromatic N) is 1. The molecule has 0 atom stereocenters. The second-order valence-electron chi connectivity index (χ2n) is 4.18. The van der Waals surface area contributed by atoms with Gasteiger partial charge in [0.15, 0.2) is 0 Å². The van der Waals surface area contributed by atoms with Crippen LogP contribution in [0.2, 0.25) is 0 Å². The van der Waals surface area contributed by atoms with Gasteiger partial charge in [0.2, 0.25) is 0 Å². The minimum absolute atomic E-state index is 0.425. The zero-order chi connectivity index (χ0) is 14.2. The quantitative estimate of drug-likeness (QED) is 0.587. The van der Waals surface area contributed by atoms with Gasteiger partial charge in [0.25, 0.3) is 0 Å². The first-order valence-corrected chi connectivity index (χ1v) is 6.33. The van der Waals surface area contributed by atoms with Crippen LogP contribution >= 0.6 is 0 Å². The molecule has 0 N–H and O–H groups in total. The van der Waals surface area contributed by atoms with E-state index in [1.54, 1.807) is 13.3 Å². The van der Waals surface area contributed by atoms with Crippen LogP contribution in [0.25, 0.3) is 6.08 Å². The summed E-state index contributed by atoms with van der Waals surface area (Å²) in [6.07, 6.45) is 3.49. The molecule has 0 aromatic heterocycles. The fraction of sp³-hybridized carbons (Fsp3) is 0.118. The standard InChI is InChI=1S/C17H17NO2/c1-3-15-6-4-5-7-16(15)13-20-18-12-14-8-10-17(19-2)11-9-14/h3-12H,1,13H2,2H3. The highest BCUT2D eigenvalue weighted by molar-refractivity contribution is 5.79. The van der Waals surface area contributed by atoms with Gasteiger partial charge in [-0.1, -0.05) is 42.1 Å². The molecule has 2 rings (SSSR count). The Kier molecular flexibility index (Phi) is 4.95. The van der Waals surface area contributed by atoms with Crippen molar-refractivity contribution in [2.45, 2.75) is 6.61 Å². The number of rotatable bonds is 6. The Labute approximate surface area is 119 Å². The van der Waals surface area contributed by atoms with Gasteiger partial charge in [-0.3, -0.25) is 0 Å². The summed E-state index contributed by atoms with van der Waals surface area (Å²) in [4.78, 5) is 5.31. The van der Waals surface area contributed by atoms with E-state index in [1.165, 1.54) is 0 Å². The van der Waals surface area contributed by atoms with Gasteiger partial charge in [-0.15, -0.1) is 0 Å². The van der Waals surface area contributed by atoms with Crippen LogP contribution in [0.5, 0.6) is 5.75 Å². The van der Waals surface area contributed by atoms with Gasteiger partial charge in [0.1, 0.15) is 12.4 Å². The molecule has 0 bridgehead atoms. The van der Waals surface area contributed by atoms with Crippen LogP contribution in [0.1, 0.15) is 16.7 Å². The Morgan fingerprint density at radius 2 is 1.85 bits per heavy atom. The largest absolute Gasteiger partial charge is 0.497 e. The van der Waals surface area contributed by atoms with Crippen molar-refractivity contribution >= 4 is 12.3 Å². The molecule has 0 saturated carbocycles. The molecule has 3 nitrogen and oxygen atoms in total. The predicted molar refractivity (Wildman–Crippen MR) is 81.9 cm³/mol. The minimum atomic E-state index is 0.425. The summed E-state index contributed by atoms with van der Waals surface area (Å²) in [6, 6.07) is 15.5. The lowest BCUT2D eigenvalue weighted by Gasteiger charge is -2.04. The number of ether oxygens (including phenoxy) is 1. The molecule has 0 amide bonds. The van der Waals surface area contributed by atoms with Crippen LogP contribution in [0.3, 0.4) is 0 Å². The molecule has 20 heavy (non-hydrogen) atoms. The molecule has 0 unspecified atom stereocenters. The molecule has 0 aliphatic heterocycles. The van der Waals surface area contributed by atoms with E-state index in [-0.39, 0.29) is 0 Å². The van der Waals surface area contributed by atoms with Crippen LogP contribution in [-0.4, -0.2) is 13.3 Å². The topological polar surface area (TPSA) is 30.8 Å². The van der Waals surface area contributed by atoms with Crippen molar-refractivity contribution in [2.75, 3.05) is 7.11 Å². The van der Waals surface area contributed by atoms with Crippen molar-refractivity contribution in [1.82, 2.24) is 0 Å². The van der Waals surface area contributed by atoms with Crippen LogP contribution in [0.15, 0.2) is 60.3 Å². The maximum absolute atomic E-state index is 5.31. The molecular formula is C17H17NO2. The summed E-state index contributed by atoms with van der Waals surface area (Å²) < 4.78 is 5.09. The lowest BCUT2D eigenvalue weighted by Crippen LogP contribution is -1.91. The Balaban J connectivity index is 1.91. The van der Waals surface area contributed by atoms with E-state index in [0.717, 1.165) is 22.4 Å². The number of methoxy groups -OCH3 is 1. The normalized spacial score (nSPS) is 10.4. The Morgan fingerprint density at radius 1 is 1.10 bits per heavy atom. The van der Waals surface area contributed by atoms with Gasteiger partial charge in [-0.05, 0) is 41.0 Å². The van der Waals surface area contributed by atoms with Gasteiger partial charge < -0.3 is 9.57 Å². The molecule has 3 heteroatoms. The van der Waals surface area contributed by atoms with Crippen molar-refractivity contribution in [3.63, 3.8) is 0 Å². The van der Waals surface area contributed by atoms with Gasteiger partial charge in [0.05, 0.1) is 13.3 Å². The predicted octanol–water partition coefficient (Wildman–Crippen LogP) is 3.89. The maximum Gasteiger partial charge on any atom is 0.142 e. The highest BCUT2D eigenvalue weighted by atomic mass is 16.6. The van der Waals surface area contributed by atoms with E-state index >= 15 is 0 Å². The summed E-state index contributed by atoms with van der Waals surface area (Å²) in [5, 5.41) is 3.97. The van der Waals surface area contributed by atoms with Gasteiger partial charge in [0, 0.05) is 0 Å². The van der Waals surface area contributed by atoms with E-state index in [4.69, 9.17) is 9.57 Å². The zero-order valence-electron chi connectivity index (χ0n) is 11.5. The zero-order valence-corrected chi connectivity index (χ0v) is 11.5. The smallest absolute Gasteiger partial charge is 0.142 e. The highest BCUT2D eigenvalue weighted by Crippen LogP contribution is 2.12. The molecule has 0 heterocycles. The molecule has 0 aliphatic rings. The van der Waals surface area contributed by atoms with Gasteiger partial charge >= 0.3 is 0 Å². The maximum atomic E-state index is 5.31. The van der Waals surface area contributed by atoms with Gasteiger partial charge in [-0.25, -0.2) is 0 Å². The fourth-order valence-electron chi connectivity index (χ4n) is 1.76. The van der Waals surface area contributed by atoms with Crippen LogP contribution in [0, 0.1) is 0 Å². The molecule has 2 aromatic carbocycles. The lowest BCUT2D eigenvalue weighted by atomic mass is 10.1. The van der Waals surface area contributed by atoms with E-state index in [1.807, 2.05) is 54.6 Å².